The van der Waals surface area contributed by atoms with E-state index in [-0.39, 0.29) is 24.0 Å². The van der Waals surface area contributed by atoms with Gasteiger partial charge in [0.15, 0.2) is 0 Å². The third kappa shape index (κ3) is 3.26. The van der Waals surface area contributed by atoms with Gasteiger partial charge in [0, 0.05) is 20.8 Å². The van der Waals surface area contributed by atoms with Gasteiger partial charge in [0.25, 0.3) is 0 Å². The van der Waals surface area contributed by atoms with Gasteiger partial charge in [0.1, 0.15) is 11.9 Å². The number of rotatable bonds is 6. The normalized spacial score (nSPS) is 17.1. The van der Waals surface area contributed by atoms with Crippen LogP contribution >= 0.6 is 11.3 Å². The highest BCUT2D eigenvalue weighted by atomic mass is 32.1. The van der Waals surface area contributed by atoms with Crippen molar-refractivity contribution >= 4 is 22.1 Å². The third-order valence-electron chi connectivity index (χ3n) is 3.24. The molecule has 0 aliphatic heterocycles. The Bertz CT molecular complexity index is 934. The minimum Gasteiger partial charge on any atom is -0.484 e. The van der Waals surface area contributed by atoms with Crippen molar-refractivity contribution in [1.82, 2.24) is 5.32 Å². The maximum atomic E-state index is 8.13. The van der Waals surface area contributed by atoms with Crippen molar-refractivity contribution in [1.29, 1.82) is 0 Å². The van der Waals surface area contributed by atoms with Gasteiger partial charge in [0.2, 0.25) is 0 Å². The highest BCUT2D eigenvalue weighted by Crippen LogP contribution is 2.32. The van der Waals surface area contributed by atoms with Gasteiger partial charge in [-0.2, -0.15) is 0 Å². The summed E-state index contributed by atoms with van der Waals surface area (Å²) >= 11 is 1.03. The first-order valence-corrected chi connectivity index (χ1v) is 7.54. The molecule has 0 radical (unpaired) electrons. The molecule has 0 amide bonds. The van der Waals surface area contributed by atoms with E-state index in [1.54, 1.807) is 0 Å². The maximum Gasteiger partial charge on any atom is 0.134 e. The van der Waals surface area contributed by atoms with Gasteiger partial charge in [-0.05, 0) is 36.4 Å². The third-order valence-corrected chi connectivity index (χ3v) is 4.03. The van der Waals surface area contributed by atoms with Gasteiger partial charge in [-0.15, -0.1) is 11.3 Å². The number of hydrogen-bond donors (Lipinski definition) is 1. The van der Waals surface area contributed by atoms with Crippen molar-refractivity contribution in [2.24, 2.45) is 0 Å². The summed E-state index contributed by atoms with van der Waals surface area (Å²) in [5, 5.41) is 4.38. The fourth-order valence-corrected chi connectivity index (χ4v) is 2.85. The molecule has 108 valence electrons. The van der Waals surface area contributed by atoms with E-state index in [0.29, 0.717) is 17.0 Å². The topological polar surface area (TPSA) is 21.3 Å². The van der Waals surface area contributed by atoms with E-state index < -0.39 is 13.1 Å². The molecule has 1 atom stereocenters. The first-order chi connectivity index (χ1) is 12.8. The highest BCUT2D eigenvalue weighted by molar-refractivity contribution is 7.10. The molecule has 0 bridgehead atoms. The van der Waals surface area contributed by atoms with Gasteiger partial charge in [-0.1, -0.05) is 42.4 Å². The van der Waals surface area contributed by atoms with Gasteiger partial charge < -0.3 is 10.1 Å². The first kappa shape index (κ1) is 8.57. The van der Waals surface area contributed by atoms with Crippen LogP contribution in [0.2, 0.25) is 0 Å². The summed E-state index contributed by atoms with van der Waals surface area (Å²) in [6, 6.07) is 13.2. The smallest absolute Gasteiger partial charge is 0.134 e. The van der Waals surface area contributed by atoms with Crippen LogP contribution in [0.3, 0.4) is 0 Å². The lowest BCUT2D eigenvalue weighted by atomic mass is 10.1. The first-order valence-electron chi connectivity index (χ1n) is 9.72. The Morgan fingerprint density at radius 1 is 1.29 bits per heavy atom. The molecule has 21 heavy (non-hydrogen) atoms. The molecular weight excluding hydrogens is 278 g/mol. The Morgan fingerprint density at radius 3 is 3.05 bits per heavy atom. The molecule has 0 saturated heterocycles. The van der Waals surface area contributed by atoms with Crippen molar-refractivity contribution in [2.45, 2.75) is 12.5 Å². The lowest BCUT2D eigenvalue weighted by Gasteiger charge is -2.19. The van der Waals surface area contributed by atoms with E-state index in [4.69, 9.17) is 13.0 Å². The summed E-state index contributed by atoms with van der Waals surface area (Å²) < 4.78 is 51.8. The molecule has 0 aliphatic rings. The minimum atomic E-state index is -2.26. The van der Waals surface area contributed by atoms with Crippen molar-refractivity contribution in [3.05, 3.63) is 64.8 Å². The van der Waals surface area contributed by atoms with Crippen LogP contribution in [0.1, 0.15) is 25.6 Å². The standard InChI is InChI=1S/C18H19NOS/c1-19-12-11-17(18-10-5-13-21-18)20-16-9-4-7-14-6-2-3-8-15(14)16/h2-10,13,17,19H,11-12H2,1H3/i1D3,5D,10D,13D. The van der Waals surface area contributed by atoms with E-state index in [0.717, 1.165) is 22.1 Å². The van der Waals surface area contributed by atoms with E-state index in [9.17, 15) is 0 Å². The second kappa shape index (κ2) is 6.74. The van der Waals surface area contributed by atoms with Crippen molar-refractivity contribution in [2.75, 3.05) is 13.5 Å². The molecule has 0 aliphatic carbocycles. The van der Waals surface area contributed by atoms with Gasteiger partial charge in [0.05, 0.1) is 4.11 Å². The molecule has 1 heterocycles. The zero-order valence-electron chi connectivity index (χ0n) is 17.3. The molecule has 0 spiro atoms. The Kier molecular flexibility index (Phi) is 2.75. The van der Waals surface area contributed by atoms with E-state index >= 15 is 0 Å². The second-order valence-corrected chi connectivity index (χ2v) is 5.47. The summed E-state index contributed by atoms with van der Waals surface area (Å²) in [6.07, 6.45) is -0.321. The van der Waals surface area contributed by atoms with E-state index in [2.05, 4.69) is 5.32 Å². The summed E-state index contributed by atoms with van der Waals surface area (Å²) in [7, 11) is 0. The summed E-state index contributed by atoms with van der Waals surface area (Å²) in [6.45, 7) is -2.10. The highest BCUT2D eigenvalue weighted by Gasteiger charge is 2.15. The van der Waals surface area contributed by atoms with Crippen LogP contribution in [0.25, 0.3) is 10.8 Å². The van der Waals surface area contributed by atoms with Crippen LogP contribution in [-0.4, -0.2) is 13.5 Å². The molecule has 0 fully saturated rings. The SMILES string of the molecule is [2H]c1sc(C(CCNC([2H])([2H])[2H])Oc2cccc3ccccc23)c([2H])c1[2H]. The minimum absolute atomic E-state index is 0.00491. The van der Waals surface area contributed by atoms with Crippen LogP contribution in [0.4, 0.5) is 0 Å². The summed E-state index contributed by atoms with van der Waals surface area (Å²) in [4.78, 5) is 0.463. The van der Waals surface area contributed by atoms with Crippen LogP contribution in [0, 0.1) is 0 Å². The lowest BCUT2D eigenvalue weighted by molar-refractivity contribution is 0.201. The number of ether oxygens (including phenoxy) is 1. The van der Waals surface area contributed by atoms with Crippen LogP contribution < -0.4 is 10.1 Å². The summed E-state index contributed by atoms with van der Waals surface area (Å²) in [5.41, 5.74) is 0. The van der Waals surface area contributed by atoms with E-state index in [1.807, 2.05) is 42.5 Å². The molecule has 1 N–H and O–H groups in total. The predicted molar refractivity (Wildman–Crippen MR) is 90.2 cm³/mol. The van der Waals surface area contributed by atoms with Gasteiger partial charge in [-0.3, -0.25) is 0 Å². The van der Waals surface area contributed by atoms with Gasteiger partial charge >= 0.3 is 0 Å². The van der Waals surface area contributed by atoms with Crippen LogP contribution in [0.15, 0.2) is 59.9 Å². The number of benzene rings is 2. The number of thiophene rings is 1. The number of hydrogen-bond acceptors (Lipinski definition) is 3. The molecule has 3 aromatic rings. The Morgan fingerprint density at radius 2 is 2.19 bits per heavy atom. The Labute approximate surface area is 137 Å². The molecule has 1 aromatic heterocycles. The molecule has 3 rings (SSSR count). The fourth-order valence-electron chi connectivity index (χ4n) is 2.24. The molecule has 2 aromatic carbocycles. The average Bonchev–Trinajstić information content (AvgIpc) is 2.87. The average molecular weight is 303 g/mol. The molecule has 3 heteroatoms. The van der Waals surface area contributed by atoms with Crippen molar-refractivity contribution in [3.8, 4) is 5.75 Å². The zero-order chi connectivity index (χ0) is 19.6. The van der Waals surface area contributed by atoms with Crippen molar-refractivity contribution < 1.29 is 13.0 Å². The number of nitrogens with one attached hydrogen (secondary N) is 1. The molecule has 1 unspecified atom stereocenters. The zero-order valence-corrected chi connectivity index (χ0v) is 12.2. The van der Waals surface area contributed by atoms with Gasteiger partial charge in [-0.25, -0.2) is 0 Å². The molecule has 0 saturated carbocycles. The van der Waals surface area contributed by atoms with Crippen LogP contribution in [-0.2, 0) is 0 Å². The lowest BCUT2D eigenvalue weighted by Crippen LogP contribution is -2.15. The quantitative estimate of drug-likeness (QED) is 0.717. The van der Waals surface area contributed by atoms with E-state index in [1.165, 1.54) is 0 Å². The molecule has 2 nitrogen and oxygen atoms in total. The summed E-state index contributed by atoms with van der Waals surface area (Å²) in [5.74, 6) is 0.623. The predicted octanol–water partition coefficient (Wildman–Crippen LogP) is 4.63. The molecular formula is C18H19NOS. The maximum absolute atomic E-state index is 8.13. The largest absolute Gasteiger partial charge is 0.484 e. The van der Waals surface area contributed by atoms with Crippen molar-refractivity contribution in [3.63, 3.8) is 0 Å². The Hall–Kier alpha value is -1.84. The van der Waals surface area contributed by atoms with Crippen LogP contribution in [0.5, 0.6) is 5.75 Å². The monoisotopic (exact) mass is 303 g/mol. The number of fused-ring (bicyclic) bond motifs is 1. The Balaban J connectivity index is 1.92. The second-order valence-electron chi connectivity index (χ2n) is 4.62. The fraction of sp³-hybridized carbons (Fsp3) is 0.222.